The van der Waals surface area contributed by atoms with Gasteiger partial charge in [0.15, 0.2) is 0 Å². The number of benzene rings is 1. The van der Waals surface area contributed by atoms with Crippen molar-refractivity contribution in [1.29, 1.82) is 5.26 Å². The second-order valence-electron chi connectivity index (χ2n) is 8.86. The average molecular weight is 400 g/mol. The molecule has 0 N–H and O–H groups in total. The van der Waals surface area contributed by atoms with E-state index in [0.717, 1.165) is 38.2 Å². The smallest absolute Gasteiger partial charge is 0.222 e. The van der Waals surface area contributed by atoms with Crippen molar-refractivity contribution in [3.8, 4) is 6.07 Å². The number of hydrogen-bond donors (Lipinski definition) is 0. The number of hydrogen-bond acceptors (Lipinski definition) is 3. The molecule has 0 aromatic heterocycles. The van der Waals surface area contributed by atoms with Crippen LogP contribution in [-0.2, 0) is 4.79 Å². The van der Waals surface area contributed by atoms with E-state index in [9.17, 15) is 10.1 Å². The molecule has 4 nitrogen and oxygen atoms in total. The third kappa shape index (κ3) is 4.63. The van der Waals surface area contributed by atoms with Crippen molar-refractivity contribution in [3.05, 3.63) is 28.8 Å². The summed E-state index contributed by atoms with van der Waals surface area (Å²) in [5.41, 5.74) is 1.62. The molecule has 3 fully saturated rings. The van der Waals surface area contributed by atoms with E-state index in [1.54, 1.807) is 0 Å². The van der Waals surface area contributed by atoms with Gasteiger partial charge >= 0.3 is 0 Å². The van der Waals surface area contributed by atoms with Gasteiger partial charge in [0.05, 0.1) is 10.6 Å². The molecule has 2 saturated carbocycles. The minimum absolute atomic E-state index is 0.334. The summed E-state index contributed by atoms with van der Waals surface area (Å²) >= 11 is 6.35. The summed E-state index contributed by atoms with van der Waals surface area (Å²) in [5, 5.41) is 9.72. The molecule has 1 saturated heterocycles. The van der Waals surface area contributed by atoms with Crippen molar-refractivity contribution >= 4 is 23.2 Å². The molecule has 1 aromatic carbocycles. The van der Waals surface area contributed by atoms with E-state index in [4.69, 9.17) is 11.6 Å². The Kier molecular flexibility index (Phi) is 6.11. The van der Waals surface area contributed by atoms with Crippen LogP contribution >= 0.6 is 11.6 Å². The SMILES string of the molecule is N#Cc1ccc(N(CC2CCCCC2)[C@H]2CCN(C(=O)CC3CC3)C2)cc1Cl. The van der Waals surface area contributed by atoms with Crippen molar-refractivity contribution < 1.29 is 4.79 Å². The van der Waals surface area contributed by atoms with Gasteiger partial charge in [0.25, 0.3) is 0 Å². The Morgan fingerprint density at radius 3 is 2.61 bits per heavy atom. The topological polar surface area (TPSA) is 47.3 Å². The lowest BCUT2D eigenvalue weighted by atomic mass is 9.88. The van der Waals surface area contributed by atoms with Crippen molar-refractivity contribution in [2.75, 3.05) is 24.5 Å². The van der Waals surface area contributed by atoms with E-state index in [1.807, 2.05) is 18.2 Å². The third-order valence-corrected chi connectivity index (χ3v) is 7.01. The molecule has 3 aliphatic rings. The van der Waals surface area contributed by atoms with E-state index >= 15 is 0 Å². The van der Waals surface area contributed by atoms with Crippen molar-refractivity contribution in [2.24, 2.45) is 11.8 Å². The Hall–Kier alpha value is -1.73. The quantitative estimate of drug-likeness (QED) is 0.676. The lowest BCUT2D eigenvalue weighted by Crippen LogP contribution is -2.42. The van der Waals surface area contributed by atoms with Crippen LogP contribution in [0.15, 0.2) is 18.2 Å². The molecule has 0 spiro atoms. The van der Waals surface area contributed by atoms with E-state index in [2.05, 4.69) is 15.9 Å². The largest absolute Gasteiger partial charge is 0.366 e. The predicted octanol–water partition coefficient (Wildman–Crippen LogP) is 5.00. The summed E-state index contributed by atoms with van der Waals surface area (Å²) in [5.74, 6) is 1.68. The molecule has 5 heteroatoms. The van der Waals surface area contributed by atoms with Gasteiger partial charge in [0, 0.05) is 37.8 Å². The zero-order valence-electron chi connectivity index (χ0n) is 16.6. The van der Waals surface area contributed by atoms with E-state index in [0.29, 0.717) is 34.4 Å². The average Bonchev–Trinajstić information content (AvgIpc) is 3.39. The normalized spacial score (nSPS) is 22.9. The molecule has 1 atom stereocenters. The van der Waals surface area contributed by atoms with Crippen molar-refractivity contribution in [3.63, 3.8) is 0 Å². The zero-order chi connectivity index (χ0) is 19.5. The number of likely N-dealkylation sites (tertiary alicyclic amines) is 1. The molecule has 28 heavy (non-hydrogen) atoms. The molecule has 2 aliphatic carbocycles. The summed E-state index contributed by atoms with van der Waals surface area (Å²) in [7, 11) is 0. The standard InChI is InChI=1S/C23H30ClN3O/c24-22-13-20(9-8-19(22)14-25)27(15-18-4-2-1-3-5-18)21-10-11-26(16-21)23(28)12-17-6-7-17/h8-9,13,17-18,21H,1-7,10-12,15-16H2/t21-/m0/s1. The highest BCUT2D eigenvalue weighted by molar-refractivity contribution is 6.32. The van der Waals surface area contributed by atoms with Crippen LogP contribution in [0.1, 0.15) is 63.4 Å². The summed E-state index contributed by atoms with van der Waals surface area (Å²) in [6.45, 7) is 2.70. The first-order valence-corrected chi connectivity index (χ1v) is 11.3. The highest BCUT2D eigenvalue weighted by atomic mass is 35.5. The van der Waals surface area contributed by atoms with Gasteiger partial charge in [-0.05, 0) is 62.1 Å². The Bertz CT molecular complexity index is 749. The molecule has 4 rings (SSSR count). The Balaban J connectivity index is 1.50. The number of carbonyl (C=O) groups is 1. The van der Waals surface area contributed by atoms with E-state index < -0.39 is 0 Å². The summed E-state index contributed by atoms with van der Waals surface area (Å²) in [4.78, 5) is 17.1. The first-order chi connectivity index (χ1) is 13.6. The number of anilines is 1. The fraction of sp³-hybridized carbons (Fsp3) is 0.652. The van der Waals surface area contributed by atoms with Gasteiger partial charge in [-0.1, -0.05) is 30.9 Å². The maximum atomic E-state index is 12.6. The van der Waals surface area contributed by atoms with Gasteiger partial charge in [-0.3, -0.25) is 4.79 Å². The van der Waals surface area contributed by atoms with Crippen LogP contribution in [0.4, 0.5) is 5.69 Å². The van der Waals surface area contributed by atoms with Crippen molar-refractivity contribution in [2.45, 2.75) is 63.8 Å². The Labute approximate surface area is 173 Å². The van der Waals surface area contributed by atoms with E-state index in [1.165, 1.54) is 44.9 Å². The molecule has 0 bridgehead atoms. The monoisotopic (exact) mass is 399 g/mol. The molecule has 0 unspecified atom stereocenters. The van der Waals surface area contributed by atoms with Gasteiger partial charge in [-0.2, -0.15) is 5.26 Å². The molecule has 1 aliphatic heterocycles. The fourth-order valence-corrected chi connectivity index (χ4v) is 5.02. The maximum absolute atomic E-state index is 12.6. The summed E-state index contributed by atoms with van der Waals surface area (Å²) < 4.78 is 0. The second kappa shape index (κ2) is 8.74. The Morgan fingerprint density at radius 1 is 1.14 bits per heavy atom. The fourth-order valence-electron chi connectivity index (χ4n) is 4.81. The maximum Gasteiger partial charge on any atom is 0.222 e. The number of carbonyl (C=O) groups excluding carboxylic acids is 1. The lowest BCUT2D eigenvalue weighted by molar-refractivity contribution is -0.130. The number of halogens is 1. The van der Waals surface area contributed by atoms with Crippen LogP contribution in [0.3, 0.4) is 0 Å². The summed E-state index contributed by atoms with van der Waals surface area (Å²) in [6, 6.07) is 8.30. The predicted molar refractivity (Wildman–Crippen MR) is 112 cm³/mol. The van der Waals surface area contributed by atoms with Crippen LogP contribution in [0, 0.1) is 23.2 Å². The molecule has 1 heterocycles. The molecular formula is C23H30ClN3O. The third-order valence-electron chi connectivity index (χ3n) is 6.70. The highest BCUT2D eigenvalue weighted by Crippen LogP contribution is 2.35. The van der Waals surface area contributed by atoms with Gasteiger partial charge < -0.3 is 9.80 Å². The molecular weight excluding hydrogens is 370 g/mol. The van der Waals surface area contributed by atoms with Gasteiger partial charge in [-0.25, -0.2) is 0 Å². The first kappa shape index (κ1) is 19.6. The summed E-state index contributed by atoms with van der Waals surface area (Å²) in [6.07, 6.45) is 10.8. The number of rotatable bonds is 6. The minimum atomic E-state index is 0.334. The number of nitrogens with zero attached hydrogens (tertiary/aromatic N) is 3. The highest BCUT2D eigenvalue weighted by Gasteiger charge is 2.34. The van der Waals surface area contributed by atoms with Gasteiger partial charge in [0.2, 0.25) is 5.91 Å². The minimum Gasteiger partial charge on any atom is -0.366 e. The van der Waals surface area contributed by atoms with Crippen LogP contribution in [0.5, 0.6) is 0 Å². The number of nitriles is 1. The lowest BCUT2D eigenvalue weighted by Gasteiger charge is -2.36. The van der Waals surface area contributed by atoms with Crippen LogP contribution in [-0.4, -0.2) is 36.5 Å². The van der Waals surface area contributed by atoms with Gasteiger partial charge in [0.1, 0.15) is 6.07 Å². The van der Waals surface area contributed by atoms with Gasteiger partial charge in [-0.15, -0.1) is 0 Å². The van der Waals surface area contributed by atoms with Crippen LogP contribution in [0.25, 0.3) is 0 Å². The van der Waals surface area contributed by atoms with Crippen LogP contribution in [0.2, 0.25) is 5.02 Å². The molecule has 1 amide bonds. The molecule has 0 radical (unpaired) electrons. The van der Waals surface area contributed by atoms with Crippen LogP contribution < -0.4 is 4.90 Å². The number of amides is 1. The molecule has 1 aromatic rings. The molecule has 150 valence electrons. The first-order valence-electron chi connectivity index (χ1n) is 10.9. The Morgan fingerprint density at radius 2 is 1.93 bits per heavy atom. The van der Waals surface area contributed by atoms with E-state index in [-0.39, 0.29) is 0 Å². The van der Waals surface area contributed by atoms with Crippen molar-refractivity contribution in [1.82, 2.24) is 4.90 Å². The zero-order valence-corrected chi connectivity index (χ0v) is 17.3. The second-order valence-corrected chi connectivity index (χ2v) is 9.27.